The largest absolute Gasteiger partial charge is 0.444 e. The second kappa shape index (κ2) is 8.89. The summed E-state index contributed by atoms with van der Waals surface area (Å²) in [5.41, 5.74) is -0.403. The molecule has 0 aromatic heterocycles. The van der Waals surface area contributed by atoms with E-state index >= 15 is 0 Å². The lowest BCUT2D eigenvalue weighted by Crippen LogP contribution is -2.51. The van der Waals surface area contributed by atoms with E-state index in [0.717, 1.165) is 44.9 Å². The fourth-order valence-electron chi connectivity index (χ4n) is 4.50. The molecule has 0 unspecified atom stereocenters. The number of carbonyl (C=O) groups is 1. The molecule has 0 bridgehead atoms. The van der Waals surface area contributed by atoms with Crippen molar-refractivity contribution in [2.75, 3.05) is 58.9 Å². The quantitative estimate of drug-likeness (QED) is 0.828. The summed E-state index contributed by atoms with van der Waals surface area (Å²) in [4.78, 5) is 19.4. The Morgan fingerprint density at radius 3 is 2.15 bits per heavy atom. The van der Waals surface area contributed by atoms with Crippen molar-refractivity contribution >= 4 is 6.09 Å². The van der Waals surface area contributed by atoms with Crippen LogP contribution in [-0.2, 0) is 4.74 Å². The average Bonchev–Trinajstić information content (AvgIpc) is 2.62. The van der Waals surface area contributed by atoms with Gasteiger partial charge in [-0.15, -0.1) is 0 Å². The lowest BCUT2D eigenvalue weighted by Gasteiger charge is -2.42. The molecule has 0 aliphatic carbocycles. The lowest BCUT2D eigenvalue weighted by atomic mass is 9.93. The topological polar surface area (TPSA) is 48.1 Å². The molecule has 1 amide bonds. The second-order valence-electron chi connectivity index (χ2n) is 9.23. The van der Waals surface area contributed by atoms with Gasteiger partial charge in [-0.25, -0.2) is 4.79 Å². The number of ether oxygens (including phenoxy) is 1. The number of piperazine rings is 1. The maximum absolute atomic E-state index is 12.2. The van der Waals surface area contributed by atoms with E-state index < -0.39 is 5.60 Å². The van der Waals surface area contributed by atoms with Crippen LogP contribution in [0.5, 0.6) is 0 Å². The third kappa shape index (κ3) is 5.83. The van der Waals surface area contributed by atoms with Gasteiger partial charge in [-0.1, -0.05) is 0 Å². The van der Waals surface area contributed by atoms with Crippen LogP contribution in [0.3, 0.4) is 0 Å². The van der Waals surface area contributed by atoms with Crippen molar-refractivity contribution in [3.8, 4) is 0 Å². The summed E-state index contributed by atoms with van der Waals surface area (Å²) in [6.45, 7) is 15.9. The van der Waals surface area contributed by atoms with Crippen molar-refractivity contribution < 1.29 is 9.53 Å². The predicted molar refractivity (Wildman–Crippen MR) is 104 cm³/mol. The molecule has 6 nitrogen and oxygen atoms in total. The molecule has 3 aliphatic rings. The van der Waals surface area contributed by atoms with Crippen molar-refractivity contribution in [2.45, 2.75) is 58.1 Å². The number of piperidine rings is 2. The highest BCUT2D eigenvalue weighted by Crippen LogP contribution is 2.25. The van der Waals surface area contributed by atoms with Gasteiger partial charge in [0, 0.05) is 51.9 Å². The summed E-state index contributed by atoms with van der Waals surface area (Å²) >= 11 is 0. The Bertz CT molecular complexity index is 443. The minimum Gasteiger partial charge on any atom is -0.444 e. The van der Waals surface area contributed by atoms with Gasteiger partial charge in [0.1, 0.15) is 5.60 Å². The molecule has 0 radical (unpaired) electrons. The van der Waals surface area contributed by atoms with E-state index in [2.05, 4.69) is 15.1 Å². The zero-order valence-electron chi connectivity index (χ0n) is 17.0. The molecule has 26 heavy (non-hydrogen) atoms. The van der Waals surface area contributed by atoms with Gasteiger partial charge in [-0.05, 0) is 65.5 Å². The van der Waals surface area contributed by atoms with Crippen LogP contribution >= 0.6 is 0 Å². The maximum Gasteiger partial charge on any atom is 0.410 e. The van der Waals surface area contributed by atoms with Gasteiger partial charge in [0.2, 0.25) is 0 Å². The number of nitrogens with one attached hydrogen (secondary N) is 1. The predicted octanol–water partition coefficient (Wildman–Crippen LogP) is 2.00. The Morgan fingerprint density at radius 2 is 1.58 bits per heavy atom. The van der Waals surface area contributed by atoms with Gasteiger partial charge in [-0.3, -0.25) is 0 Å². The molecule has 3 saturated heterocycles. The minimum atomic E-state index is -0.403. The van der Waals surface area contributed by atoms with Crippen molar-refractivity contribution in [1.82, 2.24) is 20.0 Å². The molecular weight excluding hydrogens is 328 g/mol. The summed E-state index contributed by atoms with van der Waals surface area (Å²) in [6, 6.07) is 0.647. The number of hydrogen-bond donors (Lipinski definition) is 1. The molecular formula is C20H38N4O2. The van der Waals surface area contributed by atoms with Crippen LogP contribution in [-0.4, -0.2) is 91.3 Å². The number of hydrogen-bond acceptors (Lipinski definition) is 5. The van der Waals surface area contributed by atoms with Gasteiger partial charge in [0.25, 0.3) is 0 Å². The highest BCUT2D eigenvalue weighted by molar-refractivity contribution is 5.68. The summed E-state index contributed by atoms with van der Waals surface area (Å²) < 4.78 is 5.51. The maximum atomic E-state index is 12.2. The Hall–Kier alpha value is -0.850. The lowest BCUT2D eigenvalue weighted by molar-refractivity contribution is 0.0112. The Labute approximate surface area is 159 Å². The number of nitrogens with zero attached hydrogens (tertiary/aromatic N) is 3. The molecule has 3 fully saturated rings. The fraction of sp³-hybridized carbons (Fsp3) is 0.950. The SMILES string of the molecule is CC(C)(C)OC(=O)N1CCC(N2CCC(CN3CCNCC3)CC2)CC1. The average molecular weight is 367 g/mol. The molecule has 0 saturated carbocycles. The van der Waals surface area contributed by atoms with Crippen LogP contribution in [0.2, 0.25) is 0 Å². The summed E-state index contributed by atoms with van der Waals surface area (Å²) in [6.07, 6.45) is 4.68. The first-order chi connectivity index (χ1) is 12.4. The van der Waals surface area contributed by atoms with Crippen LogP contribution in [0.15, 0.2) is 0 Å². The van der Waals surface area contributed by atoms with Gasteiger partial charge < -0.3 is 24.8 Å². The van der Waals surface area contributed by atoms with E-state index in [1.165, 1.54) is 45.6 Å². The Kier molecular flexibility index (Phi) is 6.81. The van der Waals surface area contributed by atoms with Crippen LogP contribution in [0.1, 0.15) is 46.5 Å². The van der Waals surface area contributed by atoms with E-state index in [1.807, 2.05) is 25.7 Å². The smallest absolute Gasteiger partial charge is 0.410 e. The molecule has 0 spiro atoms. The third-order valence-electron chi connectivity index (χ3n) is 6.01. The van der Waals surface area contributed by atoms with Crippen molar-refractivity contribution in [2.24, 2.45) is 5.92 Å². The standard InChI is InChI=1S/C20H38N4O2/c1-20(2,3)26-19(25)24-12-6-18(7-13-24)23-10-4-17(5-11-23)16-22-14-8-21-9-15-22/h17-18,21H,4-16H2,1-3H3. The van der Waals surface area contributed by atoms with Crippen LogP contribution in [0, 0.1) is 5.92 Å². The van der Waals surface area contributed by atoms with Crippen molar-refractivity contribution in [1.29, 1.82) is 0 Å². The van der Waals surface area contributed by atoms with E-state index in [9.17, 15) is 4.79 Å². The number of carbonyl (C=O) groups excluding carboxylic acids is 1. The van der Waals surface area contributed by atoms with Gasteiger partial charge >= 0.3 is 6.09 Å². The summed E-state index contributed by atoms with van der Waals surface area (Å²) in [7, 11) is 0. The molecule has 0 atom stereocenters. The van der Waals surface area contributed by atoms with Crippen LogP contribution < -0.4 is 5.32 Å². The first kappa shape index (κ1) is 19.9. The van der Waals surface area contributed by atoms with Gasteiger partial charge in [0.05, 0.1) is 0 Å². The van der Waals surface area contributed by atoms with E-state index in [-0.39, 0.29) is 6.09 Å². The minimum absolute atomic E-state index is 0.148. The molecule has 3 aliphatic heterocycles. The zero-order valence-corrected chi connectivity index (χ0v) is 17.0. The first-order valence-corrected chi connectivity index (χ1v) is 10.6. The zero-order chi connectivity index (χ0) is 18.6. The van der Waals surface area contributed by atoms with Crippen molar-refractivity contribution in [3.05, 3.63) is 0 Å². The first-order valence-electron chi connectivity index (χ1n) is 10.6. The number of likely N-dealkylation sites (tertiary alicyclic amines) is 2. The highest BCUT2D eigenvalue weighted by Gasteiger charge is 2.31. The molecule has 3 heterocycles. The molecule has 6 heteroatoms. The monoisotopic (exact) mass is 366 g/mol. The summed E-state index contributed by atoms with van der Waals surface area (Å²) in [5, 5.41) is 3.44. The normalized spacial score (nSPS) is 25.4. The fourth-order valence-corrected chi connectivity index (χ4v) is 4.50. The van der Waals surface area contributed by atoms with Gasteiger partial charge in [0.15, 0.2) is 0 Å². The van der Waals surface area contributed by atoms with E-state index in [0.29, 0.717) is 6.04 Å². The van der Waals surface area contributed by atoms with E-state index in [1.54, 1.807) is 0 Å². The molecule has 150 valence electrons. The highest BCUT2D eigenvalue weighted by atomic mass is 16.6. The van der Waals surface area contributed by atoms with Crippen LogP contribution in [0.4, 0.5) is 4.79 Å². The van der Waals surface area contributed by atoms with Gasteiger partial charge in [-0.2, -0.15) is 0 Å². The molecule has 3 rings (SSSR count). The Balaban J connectivity index is 1.36. The third-order valence-corrected chi connectivity index (χ3v) is 6.01. The molecule has 1 N–H and O–H groups in total. The summed E-state index contributed by atoms with van der Waals surface area (Å²) in [5.74, 6) is 0.867. The van der Waals surface area contributed by atoms with Crippen molar-refractivity contribution in [3.63, 3.8) is 0 Å². The number of rotatable bonds is 3. The second-order valence-corrected chi connectivity index (χ2v) is 9.23. The Morgan fingerprint density at radius 1 is 0.962 bits per heavy atom. The van der Waals surface area contributed by atoms with Crippen LogP contribution in [0.25, 0.3) is 0 Å². The molecule has 0 aromatic carbocycles. The molecule has 0 aromatic rings. The van der Waals surface area contributed by atoms with E-state index in [4.69, 9.17) is 4.74 Å². The number of amides is 1.